The Morgan fingerprint density at radius 2 is 2.00 bits per heavy atom. The molecule has 1 atom stereocenters. The molecule has 0 saturated heterocycles. The van der Waals surface area contributed by atoms with Crippen molar-refractivity contribution < 1.29 is 0 Å². The van der Waals surface area contributed by atoms with Crippen LogP contribution in [0.4, 0.5) is 0 Å². The molecule has 1 unspecified atom stereocenters. The van der Waals surface area contributed by atoms with E-state index in [0.717, 1.165) is 15.6 Å². The lowest BCUT2D eigenvalue weighted by Crippen LogP contribution is -2.12. The Kier molecular flexibility index (Phi) is 3.87. The third-order valence-electron chi connectivity index (χ3n) is 2.90. The molecule has 2 rings (SSSR count). The van der Waals surface area contributed by atoms with Gasteiger partial charge in [0, 0.05) is 10.9 Å². The molecule has 2 aromatic rings. The van der Waals surface area contributed by atoms with Crippen molar-refractivity contribution in [1.82, 2.24) is 0 Å². The van der Waals surface area contributed by atoms with Crippen molar-refractivity contribution in [2.24, 2.45) is 5.73 Å². The molecule has 1 aromatic carbocycles. The second-order valence-corrected chi connectivity index (χ2v) is 6.13. The van der Waals surface area contributed by atoms with E-state index in [-0.39, 0.29) is 6.04 Å². The fourth-order valence-electron chi connectivity index (χ4n) is 1.89. The van der Waals surface area contributed by atoms with Crippen LogP contribution in [0, 0.1) is 13.8 Å². The van der Waals surface area contributed by atoms with Gasteiger partial charge in [0.2, 0.25) is 0 Å². The molecule has 17 heavy (non-hydrogen) atoms. The summed E-state index contributed by atoms with van der Waals surface area (Å²) in [6, 6.07) is 10.5. The van der Waals surface area contributed by atoms with Crippen LogP contribution < -0.4 is 5.73 Å². The lowest BCUT2D eigenvalue weighted by Gasteiger charge is -2.12. The molecule has 1 nitrogen and oxygen atoms in total. The van der Waals surface area contributed by atoms with Gasteiger partial charge in [0.15, 0.2) is 0 Å². The number of halogens is 1. The normalized spacial score (nSPS) is 12.7. The molecule has 0 saturated carbocycles. The standard InChI is InChI=1S/C14H16ClNS/c1-9-3-4-10(2)11(7-9)8-12(16)13-5-6-14(15)17-13/h3-7,12H,8,16H2,1-2H3. The average molecular weight is 266 g/mol. The highest BCUT2D eigenvalue weighted by Gasteiger charge is 2.11. The van der Waals surface area contributed by atoms with Gasteiger partial charge in [-0.2, -0.15) is 0 Å². The fourth-order valence-corrected chi connectivity index (χ4v) is 2.95. The first kappa shape index (κ1) is 12.6. The van der Waals surface area contributed by atoms with Crippen LogP contribution in [0.2, 0.25) is 4.34 Å². The summed E-state index contributed by atoms with van der Waals surface area (Å²) in [6.45, 7) is 4.24. The van der Waals surface area contributed by atoms with Crippen LogP contribution in [-0.2, 0) is 6.42 Å². The van der Waals surface area contributed by atoms with Crippen LogP contribution in [0.1, 0.15) is 27.6 Å². The summed E-state index contributed by atoms with van der Waals surface area (Å²) in [6.07, 6.45) is 0.865. The Morgan fingerprint density at radius 3 is 2.65 bits per heavy atom. The van der Waals surface area contributed by atoms with Crippen LogP contribution in [0.25, 0.3) is 0 Å². The first-order valence-corrected chi connectivity index (χ1v) is 6.82. The highest BCUT2D eigenvalue weighted by molar-refractivity contribution is 7.16. The number of thiophene rings is 1. The van der Waals surface area contributed by atoms with Crippen LogP contribution in [0.15, 0.2) is 30.3 Å². The van der Waals surface area contributed by atoms with E-state index in [4.69, 9.17) is 17.3 Å². The first-order chi connectivity index (χ1) is 8.06. The van der Waals surface area contributed by atoms with Crippen LogP contribution in [0.5, 0.6) is 0 Å². The molecule has 2 N–H and O–H groups in total. The second kappa shape index (κ2) is 5.21. The SMILES string of the molecule is Cc1ccc(C)c(CC(N)c2ccc(Cl)s2)c1. The van der Waals surface area contributed by atoms with Crippen molar-refractivity contribution in [3.63, 3.8) is 0 Å². The summed E-state index contributed by atoms with van der Waals surface area (Å²) in [4.78, 5) is 1.15. The molecule has 1 heterocycles. The molecular formula is C14H16ClNS. The number of hydrogen-bond acceptors (Lipinski definition) is 2. The maximum absolute atomic E-state index is 6.21. The minimum Gasteiger partial charge on any atom is -0.323 e. The molecule has 0 amide bonds. The minimum absolute atomic E-state index is 0.0352. The molecule has 0 radical (unpaired) electrons. The van der Waals surface area contributed by atoms with Crippen molar-refractivity contribution in [1.29, 1.82) is 0 Å². The van der Waals surface area contributed by atoms with Gasteiger partial charge in [0.1, 0.15) is 0 Å². The van der Waals surface area contributed by atoms with Gasteiger partial charge in [-0.1, -0.05) is 35.4 Å². The van der Waals surface area contributed by atoms with Gasteiger partial charge in [-0.15, -0.1) is 11.3 Å². The molecule has 0 aliphatic carbocycles. The molecular weight excluding hydrogens is 250 g/mol. The summed E-state index contributed by atoms with van der Waals surface area (Å²) >= 11 is 7.49. The van der Waals surface area contributed by atoms with E-state index in [1.54, 1.807) is 11.3 Å². The highest BCUT2D eigenvalue weighted by atomic mass is 35.5. The van der Waals surface area contributed by atoms with Gasteiger partial charge in [-0.3, -0.25) is 0 Å². The quantitative estimate of drug-likeness (QED) is 0.882. The molecule has 0 aliphatic heterocycles. The van der Waals surface area contributed by atoms with E-state index in [9.17, 15) is 0 Å². The van der Waals surface area contributed by atoms with E-state index in [2.05, 4.69) is 32.0 Å². The van der Waals surface area contributed by atoms with Gasteiger partial charge < -0.3 is 5.73 Å². The van der Waals surface area contributed by atoms with Crippen LogP contribution in [-0.4, -0.2) is 0 Å². The summed E-state index contributed by atoms with van der Waals surface area (Å²) in [7, 11) is 0. The van der Waals surface area contributed by atoms with Gasteiger partial charge in [0.05, 0.1) is 4.34 Å². The van der Waals surface area contributed by atoms with Gasteiger partial charge in [0.25, 0.3) is 0 Å². The van der Waals surface area contributed by atoms with Crippen LogP contribution >= 0.6 is 22.9 Å². The van der Waals surface area contributed by atoms with Crippen molar-refractivity contribution >= 4 is 22.9 Å². The number of benzene rings is 1. The number of aryl methyl sites for hydroxylation is 2. The molecule has 0 bridgehead atoms. The Morgan fingerprint density at radius 1 is 1.24 bits per heavy atom. The van der Waals surface area contributed by atoms with Gasteiger partial charge in [-0.25, -0.2) is 0 Å². The van der Waals surface area contributed by atoms with E-state index in [0.29, 0.717) is 0 Å². The topological polar surface area (TPSA) is 26.0 Å². The Balaban J connectivity index is 2.18. The lowest BCUT2D eigenvalue weighted by atomic mass is 9.99. The molecule has 0 spiro atoms. The third-order valence-corrected chi connectivity index (χ3v) is 4.27. The molecule has 1 aromatic heterocycles. The summed E-state index contributed by atoms with van der Waals surface area (Å²) in [5.74, 6) is 0. The highest BCUT2D eigenvalue weighted by Crippen LogP contribution is 2.28. The molecule has 0 fully saturated rings. The van der Waals surface area contributed by atoms with E-state index >= 15 is 0 Å². The number of hydrogen-bond donors (Lipinski definition) is 1. The maximum atomic E-state index is 6.21. The smallest absolute Gasteiger partial charge is 0.0931 e. The second-order valence-electron chi connectivity index (χ2n) is 4.38. The monoisotopic (exact) mass is 265 g/mol. The van der Waals surface area contributed by atoms with Crippen LogP contribution in [0.3, 0.4) is 0 Å². The summed E-state index contributed by atoms with van der Waals surface area (Å²) < 4.78 is 0.802. The zero-order chi connectivity index (χ0) is 12.4. The first-order valence-electron chi connectivity index (χ1n) is 5.63. The largest absolute Gasteiger partial charge is 0.323 e. The molecule has 0 aliphatic rings. The van der Waals surface area contributed by atoms with E-state index in [1.165, 1.54) is 16.7 Å². The number of rotatable bonds is 3. The summed E-state index contributed by atoms with van der Waals surface area (Å²) in [5, 5.41) is 0. The van der Waals surface area contributed by atoms with E-state index in [1.807, 2.05) is 12.1 Å². The Labute approximate surface area is 111 Å². The predicted octanol–water partition coefficient (Wildman–Crippen LogP) is 4.26. The lowest BCUT2D eigenvalue weighted by molar-refractivity contribution is 0.732. The van der Waals surface area contributed by atoms with Gasteiger partial charge >= 0.3 is 0 Å². The van der Waals surface area contributed by atoms with Crippen molar-refractivity contribution in [2.75, 3.05) is 0 Å². The van der Waals surface area contributed by atoms with Crippen molar-refractivity contribution in [2.45, 2.75) is 26.3 Å². The Bertz CT molecular complexity index is 519. The predicted molar refractivity (Wildman–Crippen MR) is 75.9 cm³/mol. The fraction of sp³-hybridized carbons (Fsp3) is 0.286. The minimum atomic E-state index is 0.0352. The van der Waals surface area contributed by atoms with Gasteiger partial charge in [-0.05, 0) is 43.5 Å². The zero-order valence-corrected chi connectivity index (χ0v) is 11.6. The molecule has 3 heteroatoms. The summed E-state index contributed by atoms with van der Waals surface area (Å²) in [5.41, 5.74) is 10.1. The molecule has 90 valence electrons. The van der Waals surface area contributed by atoms with Crippen molar-refractivity contribution in [3.05, 3.63) is 56.2 Å². The van der Waals surface area contributed by atoms with Crippen molar-refractivity contribution in [3.8, 4) is 0 Å². The van der Waals surface area contributed by atoms with E-state index < -0.39 is 0 Å². The average Bonchev–Trinajstić information content (AvgIpc) is 2.70. The third kappa shape index (κ3) is 3.09. The number of nitrogens with two attached hydrogens (primary N) is 1. The Hall–Kier alpha value is -0.830. The zero-order valence-electron chi connectivity index (χ0n) is 10.0. The maximum Gasteiger partial charge on any atom is 0.0931 e.